The summed E-state index contributed by atoms with van der Waals surface area (Å²) in [6.07, 6.45) is 0.159. The van der Waals surface area contributed by atoms with Crippen LogP contribution in [0.3, 0.4) is 0 Å². The van der Waals surface area contributed by atoms with Crippen LogP contribution in [0.25, 0.3) is 0 Å². The third-order valence-corrected chi connectivity index (χ3v) is 3.45. The predicted octanol–water partition coefficient (Wildman–Crippen LogP) is 2.15. The fourth-order valence-electron chi connectivity index (χ4n) is 2.46. The van der Waals surface area contributed by atoms with Crippen LogP contribution < -0.4 is 10.6 Å². The van der Waals surface area contributed by atoms with Crippen molar-refractivity contribution in [1.82, 2.24) is 0 Å². The van der Waals surface area contributed by atoms with E-state index in [1.807, 2.05) is 0 Å². The number of hydrogen-bond acceptors (Lipinski definition) is 3. The lowest BCUT2D eigenvalue weighted by atomic mass is 9.85. The number of para-hydroxylation sites is 1. The Morgan fingerprint density at radius 3 is 2.72 bits per heavy atom. The summed E-state index contributed by atoms with van der Waals surface area (Å²) in [6.45, 7) is 9.97. The van der Waals surface area contributed by atoms with Crippen molar-refractivity contribution in [3.8, 4) is 0 Å². The zero-order valence-corrected chi connectivity index (χ0v) is 11.6. The van der Waals surface area contributed by atoms with Gasteiger partial charge in [0.25, 0.3) is 0 Å². The van der Waals surface area contributed by atoms with E-state index in [0.717, 1.165) is 19.7 Å². The van der Waals surface area contributed by atoms with Crippen molar-refractivity contribution in [3.63, 3.8) is 0 Å². The van der Waals surface area contributed by atoms with Crippen LogP contribution in [-0.4, -0.2) is 32.3 Å². The van der Waals surface area contributed by atoms with E-state index >= 15 is 0 Å². The highest BCUT2D eigenvalue weighted by atomic mass is 16.5. The standard InChI is InChI=1S/C15H24N2O/c1-15(2,3)13-6-4-5-7-14(13)17-8-9-18-12(10-16)11-17/h4-7,12H,8-11,16H2,1-3H3. The first-order valence-electron chi connectivity index (χ1n) is 6.68. The van der Waals surface area contributed by atoms with Crippen molar-refractivity contribution in [2.45, 2.75) is 32.3 Å². The summed E-state index contributed by atoms with van der Waals surface area (Å²) in [7, 11) is 0. The first-order chi connectivity index (χ1) is 8.52. The van der Waals surface area contributed by atoms with Gasteiger partial charge in [-0.3, -0.25) is 0 Å². The summed E-state index contributed by atoms with van der Waals surface area (Å²) in [5.41, 5.74) is 8.59. The topological polar surface area (TPSA) is 38.5 Å². The maximum Gasteiger partial charge on any atom is 0.0872 e. The maximum atomic E-state index is 5.72. The molecule has 3 heteroatoms. The summed E-state index contributed by atoms with van der Waals surface area (Å²) in [4.78, 5) is 2.40. The molecule has 0 spiro atoms. The van der Waals surface area contributed by atoms with Crippen LogP contribution >= 0.6 is 0 Å². The lowest BCUT2D eigenvalue weighted by molar-refractivity contribution is 0.0464. The minimum atomic E-state index is 0.159. The molecule has 0 aromatic heterocycles. The summed E-state index contributed by atoms with van der Waals surface area (Å²) >= 11 is 0. The van der Waals surface area contributed by atoms with E-state index in [0.29, 0.717) is 6.54 Å². The van der Waals surface area contributed by atoms with Crippen molar-refractivity contribution in [2.24, 2.45) is 5.73 Å². The second-order valence-electron chi connectivity index (χ2n) is 5.94. The summed E-state index contributed by atoms with van der Waals surface area (Å²) in [5.74, 6) is 0. The molecule has 0 saturated carbocycles. The molecule has 1 fully saturated rings. The largest absolute Gasteiger partial charge is 0.373 e. The van der Waals surface area contributed by atoms with Crippen molar-refractivity contribution in [2.75, 3.05) is 31.1 Å². The minimum absolute atomic E-state index is 0.159. The van der Waals surface area contributed by atoms with Gasteiger partial charge < -0.3 is 15.4 Å². The molecular formula is C15H24N2O. The number of morpholine rings is 1. The van der Waals surface area contributed by atoms with Gasteiger partial charge in [-0.15, -0.1) is 0 Å². The van der Waals surface area contributed by atoms with Crippen molar-refractivity contribution in [3.05, 3.63) is 29.8 Å². The molecule has 1 saturated heterocycles. The van der Waals surface area contributed by atoms with Crippen molar-refractivity contribution in [1.29, 1.82) is 0 Å². The number of nitrogens with two attached hydrogens (primary N) is 1. The van der Waals surface area contributed by atoms with Crippen LogP contribution in [0.4, 0.5) is 5.69 Å². The number of hydrogen-bond donors (Lipinski definition) is 1. The minimum Gasteiger partial charge on any atom is -0.373 e. The second kappa shape index (κ2) is 5.29. The van der Waals surface area contributed by atoms with E-state index in [2.05, 4.69) is 49.9 Å². The van der Waals surface area contributed by atoms with Crippen LogP contribution in [0.1, 0.15) is 26.3 Å². The van der Waals surface area contributed by atoms with E-state index in [1.165, 1.54) is 11.3 Å². The Labute approximate surface area is 110 Å². The van der Waals surface area contributed by atoms with Gasteiger partial charge in [-0.1, -0.05) is 39.0 Å². The molecule has 0 aliphatic carbocycles. The fourth-order valence-corrected chi connectivity index (χ4v) is 2.46. The molecule has 100 valence electrons. The summed E-state index contributed by atoms with van der Waals surface area (Å²) in [5, 5.41) is 0. The molecule has 2 rings (SSSR count). The molecule has 18 heavy (non-hydrogen) atoms. The Hall–Kier alpha value is -1.06. The van der Waals surface area contributed by atoms with Gasteiger partial charge >= 0.3 is 0 Å². The average Bonchev–Trinajstić information content (AvgIpc) is 2.38. The molecule has 0 radical (unpaired) electrons. The van der Waals surface area contributed by atoms with Gasteiger partial charge in [0.05, 0.1) is 12.7 Å². The number of ether oxygens (including phenoxy) is 1. The third kappa shape index (κ3) is 2.85. The molecular weight excluding hydrogens is 224 g/mol. The number of anilines is 1. The number of rotatable bonds is 2. The quantitative estimate of drug-likeness (QED) is 0.871. The molecule has 0 bridgehead atoms. The molecule has 1 atom stereocenters. The predicted molar refractivity (Wildman–Crippen MR) is 76.1 cm³/mol. The number of benzene rings is 1. The van der Waals surface area contributed by atoms with Gasteiger partial charge in [0.15, 0.2) is 0 Å². The van der Waals surface area contributed by atoms with Gasteiger partial charge in [-0.25, -0.2) is 0 Å². The van der Waals surface area contributed by atoms with Crippen LogP contribution in [-0.2, 0) is 10.2 Å². The molecule has 1 aromatic rings. The van der Waals surface area contributed by atoms with Crippen LogP contribution in [0.5, 0.6) is 0 Å². The smallest absolute Gasteiger partial charge is 0.0872 e. The molecule has 1 aliphatic heterocycles. The van der Waals surface area contributed by atoms with Gasteiger partial charge in [-0.05, 0) is 17.0 Å². The van der Waals surface area contributed by atoms with E-state index in [1.54, 1.807) is 0 Å². The van der Waals surface area contributed by atoms with E-state index < -0.39 is 0 Å². The number of nitrogens with zero attached hydrogens (tertiary/aromatic N) is 1. The molecule has 3 nitrogen and oxygen atoms in total. The van der Waals surface area contributed by atoms with E-state index in [-0.39, 0.29) is 11.5 Å². The molecule has 1 aliphatic rings. The normalized spacial score (nSPS) is 21.1. The van der Waals surface area contributed by atoms with Gasteiger partial charge in [0.2, 0.25) is 0 Å². The second-order valence-corrected chi connectivity index (χ2v) is 5.94. The van der Waals surface area contributed by atoms with Crippen molar-refractivity contribution < 1.29 is 4.74 Å². The summed E-state index contributed by atoms with van der Waals surface area (Å²) in [6, 6.07) is 8.66. The van der Waals surface area contributed by atoms with E-state index in [4.69, 9.17) is 10.5 Å². The first kappa shape index (κ1) is 13.4. The van der Waals surface area contributed by atoms with Crippen LogP contribution in [0.15, 0.2) is 24.3 Å². The molecule has 0 amide bonds. The Balaban J connectivity index is 2.27. The molecule has 2 N–H and O–H groups in total. The highest BCUT2D eigenvalue weighted by molar-refractivity contribution is 5.56. The Morgan fingerprint density at radius 2 is 2.06 bits per heavy atom. The summed E-state index contributed by atoms with van der Waals surface area (Å²) < 4.78 is 5.64. The zero-order valence-electron chi connectivity index (χ0n) is 11.6. The maximum absolute atomic E-state index is 5.72. The third-order valence-electron chi connectivity index (χ3n) is 3.45. The lowest BCUT2D eigenvalue weighted by Gasteiger charge is -2.37. The highest BCUT2D eigenvalue weighted by Crippen LogP contribution is 2.32. The highest BCUT2D eigenvalue weighted by Gasteiger charge is 2.24. The Morgan fingerprint density at radius 1 is 1.33 bits per heavy atom. The van der Waals surface area contributed by atoms with E-state index in [9.17, 15) is 0 Å². The first-order valence-corrected chi connectivity index (χ1v) is 6.68. The fraction of sp³-hybridized carbons (Fsp3) is 0.600. The van der Waals surface area contributed by atoms with Gasteiger partial charge in [0.1, 0.15) is 0 Å². The molecule has 1 unspecified atom stereocenters. The van der Waals surface area contributed by atoms with Gasteiger partial charge in [0, 0.05) is 25.3 Å². The Bertz CT molecular complexity index is 398. The van der Waals surface area contributed by atoms with Crippen molar-refractivity contribution >= 4 is 5.69 Å². The lowest BCUT2D eigenvalue weighted by Crippen LogP contribution is -2.46. The molecule has 1 aromatic carbocycles. The molecule has 1 heterocycles. The van der Waals surface area contributed by atoms with Crippen LogP contribution in [0.2, 0.25) is 0 Å². The average molecular weight is 248 g/mol. The van der Waals surface area contributed by atoms with Crippen LogP contribution in [0, 0.1) is 0 Å². The monoisotopic (exact) mass is 248 g/mol. The SMILES string of the molecule is CC(C)(C)c1ccccc1N1CCOC(CN)C1. The van der Waals surface area contributed by atoms with Gasteiger partial charge in [-0.2, -0.15) is 0 Å². The zero-order chi connectivity index (χ0) is 13.2. The Kier molecular flexibility index (Phi) is 3.93.